The van der Waals surface area contributed by atoms with E-state index in [0.717, 1.165) is 25.6 Å². The van der Waals surface area contributed by atoms with Crippen LogP contribution >= 0.6 is 0 Å². The highest BCUT2D eigenvalue weighted by atomic mass is 32.2. The molecule has 1 atom stereocenters. The van der Waals surface area contributed by atoms with E-state index < -0.39 is 19.9 Å². The van der Waals surface area contributed by atoms with Gasteiger partial charge < -0.3 is 5.32 Å². The van der Waals surface area contributed by atoms with E-state index in [2.05, 4.69) is 5.32 Å². The Labute approximate surface area is 132 Å². The molecule has 8 heteroatoms. The van der Waals surface area contributed by atoms with Gasteiger partial charge in [-0.2, -0.15) is 4.31 Å². The van der Waals surface area contributed by atoms with Crippen molar-refractivity contribution in [3.8, 4) is 0 Å². The Morgan fingerprint density at radius 2 is 1.82 bits per heavy atom. The largest absolute Gasteiger partial charge is 0.319 e. The zero-order valence-electron chi connectivity index (χ0n) is 12.8. The van der Waals surface area contributed by atoms with E-state index >= 15 is 0 Å². The highest BCUT2D eigenvalue weighted by Gasteiger charge is 2.33. The average Bonchev–Trinajstić information content (AvgIpc) is 2.47. The summed E-state index contributed by atoms with van der Waals surface area (Å²) in [5, 5.41) is 3.07. The van der Waals surface area contributed by atoms with Crippen molar-refractivity contribution in [1.29, 1.82) is 0 Å². The van der Waals surface area contributed by atoms with Gasteiger partial charge in [0.05, 0.1) is 4.90 Å². The van der Waals surface area contributed by atoms with Gasteiger partial charge in [-0.3, -0.25) is 0 Å². The summed E-state index contributed by atoms with van der Waals surface area (Å²) in [6.07, 6.45) is 2.79. The van der Waals surface area contributed by atoms with E-state index in [4.69, 9.17) is 0 Å². The number of piperidine rings is 1. The van der Waals surface area contributed by atoms with Gasteiger partial charge in [0, 0.05) is 19.3 Å². The monoisotopic (exact) mass is 346 g/mol. The molecule has 1 fully saturated rings. The first kappa shape index (κ1) is 17.4. The zero-order chi connectivity index (χ0) is 16.4. The fourth-order valence-electron chi connectivity index (χ4n) is 2.81. The van der Waals surface area contributed by atoms with E-state index in [1.54, 1.807) is 6.07 Å². The summed E-state index contributed by atoms with van der Waals surface area (Å²) in [5.41, 5.74) is 0. The Kier molecular flexibility index (Phi) is 5.26. The van der Waals surface area contributed by atoms with E-state index in [1.807, 2.05) is 7.05 Å². The molecule has 0 spiro atoms. The summed E-state index contributed by atoms with van der Waals surface area (Å²) in [7, 11) is -5.56. The zero-order valence-corrected chi connectivity index (χ0v) is 14.5. The predicted octanol–water partition coefficient (Wildman–Crippen LogP) is 0.710. The van der Waals surface area contributed by atoms with Crippen LogP contribution in [0.2, 0.25) is 0 Å². The quantitative estimate of drug-likeness (QED) is 0.849. The van der Waals surface area contributed by atoms with Crippen molar-refractivity contribution in [2.24, 2.45) is 5.92 Å². The lowest BCUT2D eigenvalue weighted by Gasteiger charge is -2.32. The molecule has 1 N–H and O–H groups in total. The van der Waals surface area contributed by atoms with Crippen LogP contribution < -0.4 is 5.32 Å². The van der Waals surface area contributed by atoms with Crippen LogP contribution in [0.5, 0.6) is 0 Å². The number of nitrogens with zero attached hydrogens (tertiary/aromatic N) is 1. The van der Waals surface area contributed by atoms with Gasteiger partial charge in [-0.05, 0) is 44.5 Å². The van der Waals surface area contributed by atoms with E-state index in [0.29, 0.717) is 13.1 Å². The lowest BCUT2D eigenvalue weighted by molar-refractivity contribution is 0.263. The summed E-state index contributed by atoms with van der Waals surface area (Å²) >= 11 is 0. The third-order valence-corrected chi connectivity index (χ3v) is 7.05. The molecule has 1 aromatic rings. The molecule has 0 amide bonds. The summed E-state index contributed by atoms with van der Waals surface area (Å²) < 4.78 is 50.8. The Morgan fingerprint density at radius 1 is 1.18 bits per heavy atom. The lowest BCUT2D eigenvalue weighted by atomic mass is 10.00. The number of benzene rings is 1. The number of hydrogen-bond donors (Lipinski definition) is 1. The Morgan fingerprint density at radius 3 is 2.41 bits per heavy atom. The molecule has 1 aliphatic heterocycles. The normalized spacial score (nSPS) is 20.9. The van der Waals surface area contributed by atoms with Crippen LogP contribution in [-0.4, -0.2) is 54.1 Å². The lowest BCUT2D eigenvalue weighted by Crippen LogP contribution is -2.42. The minimum atomic E-state index is -3.80. The van der Waals surface area contributed by atoms with Crippen LogP contribution in [0.1, 0.15) is 12.8 Å². The third-order valence-electron chi connectivity index (χ3n) is 3.84. The van der Waals surface area contributed by atoms with E-state index in [1.165, 1.54) is 22.5 Å². The third kappa shape index (κ3) is 3.68. The molecule has 1 aliphatic rings. The SMILES string of the molecule is CNC[C@H]1CCCN(S(=O)(=O)c2ccccc2S(C)(=O)=O)C1. The average molecular weight is 346 g/mol. The van der Waals surface area contributed by atoms with Gasteiger partial charge in [-0.1, -0.05) is 12.1 Å². The molecular weight excluding hydrogens is 324 g/mol. The number of sulfonamides is 1. The molecule has 0 aromatic heterocycles. The maximum absolute atomic E-state index is 12.8. The molecular formula is C14H22N2O4S2. The molecule has 1 aromatic carbocycles. The van der Waals surface area contributed by atoms with Gasteiger partial charge in [0.15, 0.2) is 9.84 Å². The molecule has 0 unspecified atom stereocenters. The summed E-state index contributed by atoms with van der Waals surface area (Å²) in [5.74, 6) is 0.249. The second kappa shape index (κ2) is 6.66. The first-order valence-electron chi connectivity index (χ1n) is 7.20. The molecule has 2 rings (SSSR count). The Hall–Kier alpha value is -0.960. The molecule has 124 valence electrons. The molecule has 1 saturated heterocycles. The fraction of sp³-hybridized carbons (Fsp3) is 0.571. The van der Waals surface area contributed by atoms with E-state index in [9.17, 15) is 16.8 Å². The minimum absolute atomic E-state index is 0.123. The van der Waals surface area contributed by atoms with Crippen molar-refractivity contribution in [2.45, 2.75) is 22.6 Å². The van der Waals surface area contributed by atoms with Crippen LogP contribution in [0, 0.1) is 5.92 Å². The number of sulfone groups is 1. The highest BCUT2D eigenvalue weighted by molar-refractivity contribution is 7.93. The van der Waals surface area contributed by atoms with Crippen LogP contribution in [-0.2, 0) is 19.9 Å². The van der Waals surface area contributed by atoms with Crippen molar-refractivity contribution in [3.05, 3.63) is 24.3 Å². The van der Waals surface area contributed by atoms with Gasteiger partial charge in [0.1, 0.15) is 4.90 Å². The second-order valence-corrected chi connectivity index (χ2v) is 9.54. The first-order chi connectivity index (χ1) is 10.3. The standard InChI is InChI=1S/C14H22N2O4S2/c1-15-10-12-6-5-9-16(11-12)22(19,20)14-8-4-3-7-13(14)21(2,17)18/h3-4,7-8,12,15H,5-6,9-11H2,1-2H3/t12-/m1/s1. The Balaban J connectivity index is 2.39. The van der Waals surface area contributed by atoms with Crippen LogP contribution in [0.25, 0.3) is 0 Å². The number of hydrogen-bond acceptors (Lipinski definition) is 5. The van der Waals surface area contributed by atoms with Crippen molar-refractivity contribution in [1.82, 2.24) is 9.62 Å². The highest BCUT2D eigenvalue weighted by Crippen LogP contribution is 2.27. The number of nitrogens with one attached hydrogen (secondary N) is 1. The van der Waals surface area contributed by atoms with Crippen LogP contribution in [0.15, 0.2) is 34.1 Å². The maximum Gasteiger partial charge on any atom is 0.244 e. The second-order valence-electron chi connectivity index (χ2n) is 5.65. The van der Waals surface area contributed by atoms with Gasteiger partial charge in [-0.15, -0.1) is 0 Å². The molecule has 0 bridgehead atoms. The predicted molar refractivity (Wildman–Crippen MR) is 85.0 cm³/mol. The molecule has 0 saturated carbocycles. The molecule has 22 heavy (non-hydrogen) atoms. The molecule has 6 nitrogen and oxygen atoms in total. The number of rotatable bonds is 5. The first-order valence-corrected chi connectivity index (χ1v) is 10.5. The Bertz CT molecular complexity index is 727. The van der Waals surface area contributed by atoms with Crippen LogP contribution in [0.3, 0.4) is 0 Å². The molecule has 0 aliphatic carbocycles. The van der Waals surface area contributed by atoms with Crippen molar-refractivity contribution < 1.29 is 16.8 Å². The summed E-state index contributed by atoms with van der Waals surface area (Å²) in [4.78, 5) is -0.256. The fourth-order valence-corrected chi connectivity index (χ4v) is 5.97. The molecule has 0 radical (unpaired) electrons. The maximum atomic E-state index is 12.8. The van der Waals surface area contributed by atoms with Gasteiger partial charge in [0.25, 0.3) is 0 Å². The summed E-state index contributed by atoms with van der Waals surface area (Å²) in [6.45, 7) is 1.60. The van der Waals surface area contributed by atoms with Crippen molar-refractivity contribution >= 4 is 19.9 Å². The molecule has 1 heterocycles. The van der Waals surface area contributed by atoms with Gasteiger partial charge in [-0.25, -0.2) is 16.8 Å². The topological polar surface area (TPSA) is 83.6 Å². The summed E-state index contributed by atoms with van der Waals surface area (Å²) in [6, 6.07) is 5.80. The van der Waals surface area contributed by atoms with E-state index in [-0.39, 0.29) is 15.7 Å². The van der Waals surface area contributed by atoms with Gasteiger partial charge in [0.2, 0.25) is 10.0 Å². The van der Waals surface area contributed by atoms with Crippen molar-refractivity contribution in [2.75, 3.05) is 32.9 Å². The van der Waals surface area contributed by atoms with Gasteiger partial charge >= 0.3 is 0 Å². The minimum Gasteiger partial charge on any atom is -0.319 e. The van der Waals surface area contributed by atoms with Crippen molar-refractivity contribution in [3.63, 3.8) is 0 Å². The van der Waals surface area contributed by atoms with Crippen LogP contribution in [0.4, 0.5) is 0 Å². The smallest absolute Gasteiger partial charge is 0.244 e.